The third-order valence-corrected chi connectivity index (χ3v) is 3.27. The molecule has 0 saturated heterocycles. The summed E-state index contributed by atoms with van der Waals surface area (Å²) in [4.78, 5) is 11.7. The maximum absolute atomic E-state index is 11.7. The van der Waals surface area contributed by atoms with Crippen LogP contribution in [-0.4, -0.2) is 19.1 Å². The van der Waals surface area contributed by atoms with Crippen molar-refractivity contribution in [3.8, 4) is 5.75 Å². The van der Waals surface area contributed by atoms with Gasteiger partial charge in [0.15, 0.2) is 0 Å². The third-order valence-electron chi connectivity index (χ3n) is 3.27. The van der Waals surface area contributed by atoms with E-state index in [0.29, 0.717) is 13.2 Å². The Labute approximate surface area is 115 Å². The Morgan fingerprint density at radius 2 is 2.05 bits per heavy atom. The minimum absolute atomic E-state index is 0.110. The highest BCUT2D eigenvalue weighted by Gasteiger charge is 2.12. The first-order valence-electron chi connectivity index (χ1n) is 6.85. The second kappa shape index (κ2) is 7.67. The normalized spacial score (nSPS) is 10.5. The minimum Gasteiger partial charge on any atom is -0.492 e. The molecule has 1 aromatic carbocycles. The average molecular weight is 264 g/mol. The Morgan fingerprint density at radius 1 is 1.37 bits per heavy atom. The van der Waals surface area contributed by atoms with Gasteiger partial charge in [-0.1, -0.05) is 13.8 Å². The molecule has 0 heterocycles. The molecule has 1 aromatic rings. The molecular formula is C15H24N2O2. The fourth-order valence-corrected chi connectivity index (χ4v) is 1.88. The summed E-state index contributed by atoms with van der Waals surface area (Å²) in [6, 6.07) is 5.57. The second-order valence-electron chi connectivity index (χ2n) is 4.67. The number of nitrogens with one attached hydrogen (secondary N) is 1. The highest BCUT2D eigenvalue weighted by molar-refractivity contribution is 5.78. The van der Waals surface area contributed by atoms with Crippen molar-refractivity contribution in [1.29, 1.82) is 0 Å². The predicted molar refractivity (Wildman–Crippen MR) is 78.2 cm³/mol. The minimum atomic E-state index is 0.110. The topological polar surface area (TPSA) is 64.3 Å². The van der Waals surface area contributed by atoms with Crippen molar-refractivity contribution in [2.24, 2.45) is 5.92 Å². The lowest BCUT2D eigenvalue weighted by atomic mass is 10.0. The van der Waals surface area contributed by atoms with Gasteiger partial charge in [0.05, 0.1) is 6.54 Å². The number of hydrogen-bond acceptors (Lipinski definition) is 3. The molecule has 0 bridgehead atoms. The number of aryl methyl sites for hydroxylation is 1. The molecule has 0 saturated carbocycles. The van der Waals surface area contributed by atoms with Crippen LogP contribution in [0, 0.1) is 12.8 Å². The van der Waals surface area contributed by atoms with Crippen LogP contribution in [0.5, 0.6) is 5.75 Å². The lowest BCUT2D eigenvalue weighted by Crippen LogP contribution is -2.33. The average Bonchev–Trinajstić information content (AvgIpc) is 2.40. The van der Waals surface area contributed by atoms with Crippen molar-refractivity contribution in [3.63, 3.8) is 0 Å². The van der Waals surface area contributed by atoms with E-state index >= 15 is 0 Å². The zero-order valence-electron chi connectivity index (χ0n) is 12.0. The Hall–Kier alpha value is -1.71. The number of ether oxygens (including phenoxy) is 1. The number of nitrogen functional groups attached to an aromatic ring is 1. The fourth-order valence-electron chi connectivity index (χ4n) is 1.88. The van der Waals surface area contributed by atoms with Crippen LogP contribution in [0.15, 0.2) is 18.2 Å². The molecule has 0 aromatic heterocycles. The van der Waals surface area contributed by atoms with Gasteiger partial charge in [-0.05, 0) is 43.5 Å². The zero-order chi connectivity index (χ0) is 14.3. The summed E-state index contributed by atoms with van der Waals surface area (Å²) in [6.45, 7) is 6.99. The Bertz CT molecular complexity index is 415. The molecule has 0 aliphatic rings. The number of carbonyl (C=O) groups is 1. The van der Waals surface area contributed by atoms with E-state index in [1.54, 1.807) is 0 Å². The third kappa shape index (κ3) is 4.81. The van der Waals surface area contributed by atoms with E-state index < -0.39 is 0 Å². The first kappa shape index (κ1) is 15.3. The summed E-state index contributed by atoms with van der Waals surface area (Å²) in [7, 11) is 0. The van der Waals surface area contributed by atoms with E-state index in [2.05, 4.69) is 5.32 Å². The summed E-state index contributed by atoms with van der Waals surface area (Å²) in [6.07, 6.45) is 1.75. The van der Waals surface area contributed by atoms with E-state index in [1.807, 2.05) is 39.0 Å². The first-order chi connectivity index (χ1) is 9.08. The van der Waals surface area contributed by atoms with Crippen molar-refractivity contribution < 1.29 is 9.53 Å². The molecule has 19 heavy (non-hydrogen) atoms. The van der Waals surface area contributed by atoms with Gasteiger partial charge in [0.2, 0.25) is 5.91 Å². The maximum Gasteiger partial charge on any atom is 0.223 e. The highest BCUT2D eigenvalue weighted by atomic mass is 16.5. The Balaban J connectivity index is 2.31. The van der Waals surface area contributed by atoms with Crippen molar-refractivity contribution in [2.45, 2.75) is 33.6 Å². The van der Waals surface area contributed by atoms with Crippen LogP contribution < -0.4 is 15.8 Å². The number of rotatable bonds is 7. The van der Waals surface area contributed by atoms with Gasteiger partial charge in [-0.3, -0.25) is 4.79 Å². The fraction of sp³-hybridized carbons (Fsp3) is 0.533. The van der Waals surface area contributed by atoms with Crippen LogP contribution in [0.25, 0.3) is 0 Å². The summed E-state index contributed by atoms with van der Waals surface area (Å²) < 4.78 is 5.57. The van der Waals surface area contributed by atoms with Gasteiger partial charge >= 0.3 is 0 Å². The van der Waals surface area contributed by atoms with Crippen LogP contribution in [0.4, 0.5) is 5.69 Å². The molecule has 4 nitrogen and oxygen atoms in total. The number of carbonyl (C=O) groups excluding carboxylic acids is 1. The van der Waals surface area contributed by atoms with Crippen LogP contribution in [0.3, 0.4) is 0 Å². The van der Waals surface area contributed by atoms with Crippen LogP contribution >= 0.6 is 0 Å². The number of nitrogens with two attached hydrogens (primary N) is 1. The zero-order valence-corrected chi connectivity index (χ0v) is 12.0. The van der Waals surface area contributed by atoms with E-state index in [1.165, 1.54) is 0 Å². The van der Waals surface area contributed by atoms with Crippen LogP contribution in [-0.2, 0) is 4.79 Å². The summed E-state index contributed by atoms with van der Waals surface area (Å²) in [5, 5.41) is 2.89. The highest BCUT2D eigenvalue weighted by Crippen LogP contribution is 2.18. The van der Waals surface area contributed by atoms with Crippen molar-refractivity contribution in [2.75, 3.05) is 18.9 Å². The molecule has 0 aliphatic carbocycles. The summed E-state index contributed by atoms with van der Waals surface area (Å²) >= 11 is 0. The molecule has 106 valence electrons. The molecule has 0 fully saturated rings. The first-order valence-corrected chi connectivity index (χ1v) is 6.85. The van der Waals surface area contributed by atoms with Gasteiger partial charge < -0.3 is 15.8 Å². The summed E-state index contributed by atoms with van der Waals surface area (Å²) in [5.74, 6) is 1.00. The van der Waals surface area contributed by atoms with E-state index in [9.17, 15) is 4.79 Å². The van der Waals surface area contributed by atoms with Gasteiger partial charge in [-0.2, -0.15) is 0 Å². The molecular weight excluding hydrogens is 240 g/mol. The van der Waals surface area contributed by atoms with Gasteiger partial charge in [-0.15, -0.1) is 0 Å². The number of anilines is 1. The molecule has 0 aliphatic heterocycles. The molecule has 0 unspecified atom stereocenters. The number of amides is 1. The van der Waals surface area contributed by atoms with Crippen molar-refractivity contribution in [1.82, 2.24) is 5.32 Å². The van der Waals surface area contributed by atoms with Gasteiger partial charge in [0.1, 0.15) is 12.4 Å². The lowest BCUT2D eigenvalue weighted by molar-refractivity contribution is -0.125. The number of hydrogen-bond donors (Lipinski definition) is 2. The van der Waals surface area contributed by atoms with E-state index in [0.717, 1.165) is 29.8 Å². The number of benzene rings is 1. The van der Waals surface area contributed by atoms with Crippen molar-refractivity contribution >= 4 is 11.6 Å². The van der Waals surface area contributed by atoms with Gasteiger partial charge in [-0.25, -0.2) is 0 Å². The van der Waals surface area contributed by atoms with E-state index in [-0.39, 0.29) is 11.8 Å². The Kier molecular flexibility index (Phi) is 6.19. The predicted octanol–water partition coefficient (Wildman–Crippen LogP) is 2.51. The molecule has 3 N–H and O–H groups in total. The molecule has 4 heteroatoms. The van der Waals surface area contributed by atoms with Crippen LogP contribution in [0.2, 0.25) is 0 Å². The molecule has 1 rings (SSSR count). The molecule has 0 radical (unpaired) electrons. The maximum atomic E-state index is 11.7. The monoisotopic (exact) mass is 264 g/mol. The van der Waals surface area contributed by atoms with Crippen molar-refractivity contribution in [3.05, 3.63) is 23.8 Å². The molecule has 0 atom stereocenters. The van der Waals surface area contributed by atoms with E-state index in [4.69, 9.17) is 10.5 Å². The molecule has 0 spiro atoms. The summed E-state index contributed by atoms with van der Waals surface area (Å²) in [5.41, 5.74) is 7.49. The lowest BCUT2D eigenvalue weighted by Gasteiger charge is -2.13. The Morgan fingerprint density at radius 3 is 2.63 bits per heavy atom. The smallest absolute Gasteiger partial charge is 0.223 e. The van der Waals surface area contributed by atoms with Crippen LogP contribution in [0.1, 0.15) is 32.3 Å². The second-order valence-corrected chi connectivity index (χ2v) is 4.67. The largest absolute Gasteiger partial charge is 0.492 e. The van der Waals surface area contributed by atoms with Gasteiger partial charge in [0.25, 0.3) is 0 Å². The molecule has 1 amide bonds. The SMILES string of the molecule is CCC(CC)C(=O)NCCOc1ccc(N)c(C)c1. The van der Waals surface area contributed by atoms with Gasteiger partial charge in [0, 0.05) is 11.6 Å². The standard InChI is InChI=1S/C15H24N2O2/c1-4-12(5-2)15(18)17-8-9-19-13-6-7-14(16)11(3)10-13/h6-7,10,12H,4-5,8-9,16H2,1-3H3,(H,17,18). The quantitative estimate of drug-likeness (QED) is 0.587.